The quantitative estimate of drug-likeness (QED) is 0.284. The van der Waals surface area contributed by atoms with Gasteiger partial charge in [-0.3, -0.25) is 4.79 Å². The second-order valence-electron chi connectivity index (χ2n) is 9.69. The van der Waals surface area contributed by atoms with Crippen LogP contribution in [0.4, 0.5) is 10.8 Å². The number of amides is 1. The Hall–Kier alpha value is -3.45. The second-order valence-corrected chi connectivity index (χ2v) is 10.5. The van der Waals surface area contributed by atoms with Crippen LogP contribution in [0.5, 0.6) is 0 Å². The molecule has 0 atom stereocenters. The zero-order chi connectivity index (χ0) is 24.9. The molecule has 0 bridgehead atoms. The molecule has 0 spiro atoms. The molecule has 186 valence electrons. The van der Waals surface area contributed by atoms with Gasteiger partial charge in [0.05, 0.1) is 18.6 Å². The molecule has 1 aliphatic rings. The molecule has 2 aromatic carbocycles. The van der Waals surface area contributed by atoms with E-state index in [9.17, 15) is 4.79 Å². The Morgan fingerprint density at radius 3 is 2.56 bits per heavy atom. The predicted molar refractivity (Wildman–Crippen MR) is 147 cm³/mol. The van der Waals surface area contributed by atoms with Gasteiger partial charge in [-0.1, -0.05) is 62.4 Å². The highest BCUT2D eigenvalue weighted by Crippen LogP contribution is 2.31. The Kier molecular flexibility index (Phi) is 7.47. The Morgan fingerprint density at radius 1 is 1.03 bits per heavy atom. The fourth-order valence-corrected chi connectivity index (χ4v) is 5.61. The number of nitrogens with zero attached hydrogens (tertiary/aromatic N) is 5. The average Bonchev–Trinajstić information content (AvgIpc) is 3.58. The van der Waals surface area contributed by atoms with Crippen molar-refractivity contribution >= 4 is 28.1 Å². The first kappa shape index (κ1) is 24.3. The van der Waals surface area contributed by atoms with Gasteiger partial charge in [0.2, 0.25) is 0 Å². The van der Waals surface area contributed by atoms with Gasteiger partial charge in [0.15, 0.2) is 5.13 Å². The fraction of sp³-hybridized carbons (Fsp3) is 0.345. The van der Waals surface area contributed by atoms with Crippen LogP contribution in [0.2, 0.25) is 0 Å². The van der Waals surface area contributed by atoms with E-state index < -0.39 is 0 Å². The third-order valence-corrected chi connectivity index (χ3v) is 7.59. The molecule has 36 heavy (non-hydrogen) atoms. The van der Waals surface area contributed by atoms with E-state index in [-0.39, 0.29) is 11.8 Å². The first-order chi connectivity index (χ1) is 17.6. The number of hydrogen-bond donors (Lipinski definition) is 0. The molecule has 1 fully saturated rings. The van der Waals surface area contributed by atoms with Crippen molar-refractivity contribution in [2.75, 3.05) is 22.9 Å². The molecule has 5 rings (SSSR count). The van der Waals surface area contributed by atoms with Gasteiger partial charge in [0.25, 0.3) is 5.91 Å². The summed E-state index contributed by atoms with van der Waals surface area (Å²) in [7, 11) is 0. The number of hydrogen-bond acceptors (Lipinski definition) is 5. The standard InChI is InChI=1S/C29H33N5OS/c1-22(2)25-13-7-8-14-27(25)34(18-24-20-36-29(31-24)33-15-9-4-10-16-33)28(35)26-19-32(21-30-26)17-23-11-5-3-6-12-23/h3,5-8,11-14,19-22H,4,9-10,15-18H2,1-2H3. The number of carbonyl (C=O) groups excluding carboxylic acids is 1. The molecule has 2 aromatic heterocycles. The Balaban J connectivity index is 1.43. The maximum absolute atomic E-state index is 13.9. The Bertz CT molecular complexity index is 1290. The van der Waals surface area contributed by atoms with Crippen LogP contribution in [0.1, 0.15) is 66.3 Å². The maximum atomic E-state index is 13.9. The van der Waals surface area contributed by atoms with Gasteiger partial charge in [-0.05, 0) is 42.4 Å². The lowest BCUT2D eigenvalue weighted by Gasteiger charge is -2.26. The summed E-state index contributed by atoms with van der Waals surface area (Å²) < 4.78 is 1.96. The van der Waals surface area contributed by atoms with Crippen molar-refractivity contribution in [2.45, 2.75) is 52.1 Å². The van der Waals surface area contributed by atoms with Gasteiger partial charge in [0.1, 0.15) is 5.69 Å². The van der Waals surface area contributed by atoms with Gasteiger partial charge in [0, 0.05) is 36.9 Å². The largest absolute Gasteiger partial charge is 0.348 e. The van der Waals surface area contributed by atoms with Gasteiger partial charge in [-0.25, -0.2) is 9.97 Å². The number of imidazole rings is 1. The first-order valence-electron chi connectivity index (χ1n) is 12.7. The molecule has 7 heteroatoms. The zero-order valence-corrected chi connectivity index (χ0v) is 21.8. The zero-order valence-electron chi connectivity index (χ0n) is 21.0. The molecule has 0 saturated carbocycles. The molecule has 3 heterocycles. The first-order valence-corrected chi connectivity index (χ1v) is 13.6. The third kappa shape index (κ3) is 5.51. The van der Waals surface area contributed by atoms with Crippen molar-refractivity contribution in [3.05, 3.63) is 95.0 Å². The minimum absolute atomic E-state index is 0.109. The van der Waals surface area contributed by atoms with Crippen LogP contribution in [0.25, 0.3) is 0 Å². The summed E-state index contributed by atoms with van der Waals surface area (Å²) in [5.41, 5.74) is 4.58. The summed E-state index contributed by atoms with van der Waals surface area (Å²) >= 11 is 1.67. The number of anilines is 2. The lowest BCUT2D eigenvalue weighted by atomic mass is 10.00. The van der Waals surface area contributed by atoms with Crippen LogP contribution in [0.15, 0.2) is 72.5 Å². The molecule has 1 aliphatic heterocycles. The summed E-state index contributed by atoms with van der Waals surface area (Å²) in [6, 6.07) is 18.4. The van der Waals surface area contributed by atoms with Crippen LogP contribution >= 0.6 is 11.3 Å². The van der Waals surface area contributed by atoms with Crippen LogP contribution < -0.4 is 9.80 Å². The number of thiazole rings is 1. The lowest BCUT2D eigenvalue weighted by molar-refractivity contribution is 0.0980. The summed E-state index contributed by atoms with van der Waals surface area (Å²) in [5.74, 6) is 0.175. The van der Waals surface area contributed by atoms with Gasteiger partial charge in [-0.2, -0.15) is 0 Å². The fourth-order valence-electron chi connectivity index (χ4n) is 4.74. The molecule has 0 aliphatic carbocycles. The van der Waals surface area contributed by atoms with Crippen LogP contribution in [-0.2, 0) is 13.1 Å². The lowest BCUT2D eigenvalue weighted by Crippen LogP contribution is -2.32. The topological polar surface area (TPSA) is 54.3 Å². The summed E-state index contributed by atoms with van der Waals surface area (Å²) in [4.78, 5) is 27.6. The summed E-state index contributed by atoms with van der Waals surface area (Å²) in [5, 5.41) is 3.15. The number of aromatic nitrogens is 3. The van der Waals surface area contributed by atoms with E-state index in [1.165, 1.54) is 24.8 Å². The second kappa shape index (κ2) is 11.1. The summed E-state index contributed by atoms with van der Waals surface area (Å²) in [6.45, 7) is 7.53. The predicted octanol–water partition coefficient (Wildman–Crippen LogP) is 6.35. The van der Waals surface area contributed by atoms with E-state index in [4.69, 9.17) is 4.98 Å². The Labute approximate surface area is 217 Å². The molecule has 0 N–H and O–H groups in total. The summed E-state index contributed by atoms with van der Waals surface area (Å²) in [6.07, 6.45) is 7.31. The van der Waals surface area contributed by atoms with Crippen LogP contribution in [0, 0.1) is 0 Å². The molecular formula is C29H33N5OS. The molecular weight excluding hydrogens is 466 g/mol. The van der Waals surface area contributed by atoms with Gasteiger partial charge in [-0.15, -0.1) is 11.3 Å². The normalized spacial score (nSPS) is 13.8. The van der Waals surface area contributed by atoms with Crippen molar-refractivity contribution in [2.24, 2.45) is 0 Å². The molecule has 4 aromatic rings. The van der Waals surface area contributed by atoms with Crippen LogP contribution in [-0.4, -0.2) is 33.5 Å². The monoisotopic (exact) mass is 499 g/mol. The van der Waals surface area contributed by atoms with Crippen molar-refractivity contribution in [1.82, 2.24) is 14.5 Å². The minimum Gasteiger partial charge on any atom is -0.348 e. The van der Waals surface area contributed by atoms with Crippen LogP contribution in [0.3, 0.4) is 0 Å². The van der Waals surface area contributed by atoms with E-state index in [1.807, 2.05) is 52.1 Å². The smallest absolute Gasteiger partial charge is 0.278 e. The van der Waals surface area contributed by atoms with Crippen molar-refractivity contribution in [3.8, 4) is 0 Å². The minimum atomic E-state index is -0.109. The number of carbonyl (C=O) groups is 1. The molecule has 1 saturated heterocycles. The van der Waals surface area contributed by atoms with E-state index >= 15 is 0 Å². The average molecular weight is 500 g/mol. The Morgan fingerprint density at radius 2 is 1.78 bits per heavy atom. The highest BCUT2D eigenvalue weighted by atomic mass is 32.1. The van der Waals surface area contributed by atoms with Gasteiger partial charge >= 0.3 is 0 Å². The number of benzene rings is 2. The molecule has 0 unspecified atom stereocenters. The number of rotatable bonds is 8. The number of para-hydroxylation sites is 1. The highest BCUT2D eigenvalue weighted by molar-refractivity contribution is 7.13. The highest BCUT2D eigenvalue weighted by Gasteiger charge is 2.25. The maximum Gasteiger partial charge on any atom is 0.278 e. The molecule has 1 amide bonds. The van der Waals surface area contributed by atoms with Crippen molar-refractivity contribution < 1.29 is 4.79 Å². The van der Waals surface area contributed by atoms with Crippen molar-refractivity contribution in [3.63, 3.8) is 0 Å². The molecule has 0 radical (unpaired) electrons. The van der Waals surface area contributed by atoms with Gasteiger partial charge < -0.3 is 14.4 Å². The molecule has 6 nitrogen and oxygen atoms in total. The number of piperidine rings is 1. The van der Waals surface area contributed by atoms with E-state index in [1.54, 1.807) is 17.7 Å². The van der Waals surface area contributed by atoms with E-state index in [0.29, 0.717) is 18.8 Å². The van der Waals surface area contributed by atoms with E-state index in [0.717, 1.165) is 35.2 Å². The SMILES string of the molecule is CC(C)c1ccccc1N(Cc1csc(N2CCCCC2)n1)C(=O)c1cn(Cc2ccccc2)cn1. The third-order valence-electron chi connectivity index (χ3n) is 6.64. The van der Waals surface area contributed by atoms with E-state index in [2.05, 4.69) is 47.3 Å². The van der Waals surface area contributed by atoms with Crippen molar-refractivity contribution in [1.29, 1.82) is 0 Å².